The number of fused-ring (bicyclic) bond motifs is 1. The second kappa shape index (κ2) is 5.66. The van der Waals surface area contributed by atoms with Gasteiger partial charge in [0.1, 0.15) is 5.82 Å². The van der Waals surface area contributed by atoms with Gasteiger partial charge in [-0.2, -0.15) is 0 Å². The average Bonchev–Trinajstić information content (AvgIpc) is 2.47. The van der Waals surface area contributed by atoms with Crippen molar-refractivity contribution in [3.8, 4) is 11.1 Å². The molecule has 2 aromatic carbocycles. The molecule has 2 N–H and O–H groups in total. The predicted octanol–water partition coefficient (Wildman–Crippen LogP) is 4.92. The molecule has 0 atom stereocenters. The Bertz CT molecular complexity index is 913. The number of hydrogen-bond donors (Lipinski definition) is 1. The maximum Gasteiger partial charge on any atom is 0.277 e. The molecule has 3 aromatic rings. The Balaban J connectivity index is 2.33. The van der Waals surface area contributed by atoms with Crippen molar-refractivity contribution < 1.29 is 4.92 Å². The van der Waals surface area contributed by atoms with E-state index in [4.69, 9.17) is 5.73 Å². The van der Waals surface area contributed by atoms with Gasteiger partial charge in [0, 0.05) is 26.0 Å². The second-order valence-corrected chi connectivity index (χ2v) is 6.42. The van der Waals surface area contributed by atoms with E-state index in [2.05, 4.69) is 36.8 Å². The fourth-order valence-corrected chi connectivity index (χ4v) is 3.65. The minimum absolute atomic E-state index is 0.00409. The maximum atomic E-state index is 11.2. The highest BCUT2D eigenvalue weighted by Gasteiger charge is 2.18. The zero-order valence-corrected chi connectivity index (χ0v) is 14.3. The summed E-state index contributed by atoms with van der Waals surface area (Å²) in [6.45, 7) is 0. The molecule has 0 aliphatic heterocycles. The van der Waals surface area contributed by atoms with Gasteiger partial charge in [0.25, 0.3) is 5.69 Å². The first kappa shape index (κ1) is 14.9. The van der Waals surface area contributed by atoms with E-state index in [0.29, 0.717) is 16.6 Å². The van der Waals surface area contributed by atoms with E-state index in [1.54, 1.807) is 18.2 Å². The van der Waals surface area contributed by atoms with Crippen molar-refractivity contribution in [2.45, 2.75) is 0 Å². The average molecular weight is 423 g/mol. The van der Waals surface area contributed by atoms with Gasteiger partial charge in [-0.15, -0.1) is 0 Å². The number of nitro groups is 1. The normalized spacial score (nSPS) is 10.8. The summed E-state index contributed by atoms with van der Waals surface area (Å²) in [6.07, 6.45) is 0. The molecule has 5 nitrogen and oxygen atoms in total. The standard InChI is InChI=1S/C15H9Br2N3O2/c16-9-5-8-6-11(15(18)19-14(8)12(17)7-9)10-3-1-2-4-13(10)20(21)22/h1-7H,(H2,18,19). The molecule has 0 radical (unpaired) electrons. The lowest BCUT2D eigenvalue weighted by atomic mass is 10.0. The molecule has 0 spiro atoms. The fourth-order valence-electron chi connectivity index (χ4n) is 2.30. The summed E-state index contributed by atoms with van der Waals surface area (Å²) in [5.41, 5.74) is 7.74. The lowest BCUT2D eigenvalue weighted by Gasteiger charge is -2.09. The van der Waals surface area contributed by atoms with Gasteiger partial charge in [-0.3, -0.25) is 10.1 Å². The summed E-state index contributed by atoms with van der Waals surface area (Å²) < 4.78 is 1.68. The molecule has 0 saturated carbocycles. The Morgan fingerprint density at radius 3 is 2.55 bits per heavy atom. The number of benzene rings is 2. The number of nitrogens with two attached hydrogens (primary N) is 1. The third-order valence-electron chi connectivity index (χ3n) is 3.26. The number of nitrogen functional groups attached to an aromatic ring is 1. The molecule has 0 saturated heterocycles. The van der Waals surface area contributed by atoms with Gasteiger partial charge in [-0.25, -0.2) is 4.98 Å². The van der Waals surface area contributed by atoms with Crippen molar-refractivity contribution in [2.24, 2.45) is 0 Å². The van der Waals surface area contributed by atoms with Crippen LogP contribution in [0.15, 0.2) is 51.4 Å². The van der Waals surface area contributed by atoms with E-state index in [0.717, 1.165) is 14.3 Å². The largest absolute Gasteiger partial charge is 0.383 e. The van der Waals surface area contributed by atoms with Crippen LogP contribution in [0.4, 0.5) is 11.5 Å². The SMILES string of the molecule is Nc1nc2c(Br)cc(Br)cc2cc1-c1ccccc1[N+](=O)[O-]. The van der Waals surface area contributed by atoms with Crippen LogP contribution >= 0.6 is 31.9 Å². The van der Waals surface area contributed by atoms with Gasteiger partial charge in [0.15, 0.2) is 0 Å². The summed E-state index contributed by atoms with van der Waals surface area (Å²) in [4.78, 5) is 15.2. The molecule has 0 unspecified atom stereocenters. The van der Waals surface area contributed by atoms with Crippen LogP contribution in [0.1, 0.15) is 0 Å². The van der Waals surface area contributed by atoms with Crippen LogP contribution in [0, 0.1) is 10.1 Å². The van der Waals surface area contributed by atoms with Crippen molar-refractivity contribution in [1.82, 2.24) is 4.98 Å². The summed E-state index contributed by atoms with van der Waals surface area (Å²) in [6, 6.07) is 12.1. The number of nitrogens with zero attached hydrogens (tertiary/aromatic N) is 2. The topological polar surface area (TPSA) is 82.0 Å². The number of aromatic nitrogens is 1. The molecule has 0 aliphatic rings. The van der Waals surface area contributed by atoms with Gasteiger partial charge in [-0.05, 0) is 40.2 Å². The quantitative estimate of drug-likeness (QED) is 0.469. The number of halogens is 2. The van der Waals surface area contributed by atoms with Crippen LogP contribution in [0.2, 0.25) is 0 Å². The van der Waals surface area contributed by atoms with Gasteiger partial charge in [0.2, 0.25) is 0 Å². The van der Waals surface area contributed by atoms with E-state index < -0.39 is 4.92 Å². The highest BCUT2D eigenvalue weighted by atomic mass is 79.9. The van der Waals surface area contributed by atoms with Crippen LogP contribution in [-0.2, 0) is 0 Å². The van der Waals surface area contributed by atoms with E-state index in [1.807, 2.05) is 18.2 Å². The molecule has 110 valence electrons. The highest BCUT2D eigenvalue weighted by Crippen LogP contribution is 2.36. The molecule has 3 rings (SSSR count). The zero-order valence-electron chi connectivity index (χ0n) is 11.1. The Kier molecular flexibility index (Phi) is 3.84. The minimum atomic E-state index is -0.421. The van der Waals surface area contributed by atoms with Crippen LogP contribution in [-0.4, -0.2) is 9.91 Å². The second-order valence-electron chi connectivity index (χ2n) is 4.65. The molecule has 1 heterocycles. The third-order valence-corrected chi connectivity index (χ3v) is 4.32. The van der Waals surface area contributed by atoms with Crippen LogP contribution in [0.25, 0.3) is 22.0 Å². The molecule has 0 amide bonds. The fraction of sp³-hybridized carbons (Fsp3) is 0. The number of rotatable bonds is 2. The van der Waals surface area contributed by atoms with Crippen LogP contribution in [0.3, 0.4) is 0 Å². The number of hydrogen-bond acceptors (Lipinski definition) is 4. The molecule has 1 aromatic heterocycles. The van der Waals surface area contributed by atoms with Crippen molar-refractivity contribution in [3.05, 3.63) is 61.5 Å². The number of nitro benzene ring substituents is 1. The first-order valence-electron chi connectivity index (χ1n) is 6.26. The maximum absolute atomic E-state index is 11.2. The lowest BCUT2D eigenvalue weighted by molar-refractivity contribution is -0.384. The summed E-state index contributed by atoms with van der Waals surface area (Å²) >= 11 is 6.87. The summed E-state index contributed by atoms with van der Waals surface area (Å²) in [5, 5.41) is 12.0. The Hall–Kier alpha value is -1.99. The van der Waals surface area contributed by atoms with E-state index in [-0.39, 0.29) is 11.5 Å². The monoisotopic (exact) mass is 421 g/mol. The molecule has 7 heteroatoms. The first-order chi connectivity index (χ1) is 10.5. The van der Waals surface area contributed by atoms with Crippen molar-refractivity contribution in [3.63, 3.8) is 0 Å². The third kappa shape index (κ3) is 2.57. The van der Waals surface area contributed by atoms with Gasteiger partial charge >= 0.3 is 0 Å². The molecule has 0 aliphatic carbocycles. The first-order valence-corrected chi connectivity index (χ1v) is 7.85. The van der Waals surface area contributed by atoms with E-state index in [9.17, 15) is 10.1 Å². The minimum Gasteiger partial charge on any atom is -0.383 e. The van der Waals surface area contributed by atoms with E-state index in [1.165, 1.54) is 6.07 Å². The highest BCUT2D eigenvalue weighted by molar-refractivity contribution is 9.11. The Labute approximate surface area is 142 Å². The predicted molar refractivity (Wildman–Crippen MR) is 93.6 cm³/mol. The Morgan fingerprint density at radius 2 is 1.82 bits per heavy atom. The van der Waals surface area contributed by atoms with E-state index >= 15 is 0 Å². The van der Waals surface area contributed by atoms with Gasteiger partial charge < -0.3 is 5.73 Å². The van der Waals surface area contributed by atoms with Gasteiger partial charge in [0.05, 0.1) is 16.0 Å². The smallest absolute Gasteiger partial charge is 0.277 e. The zero-order chi connectivity index (χ0) is 15.9. The molecule has 22 heavy (non-hydrogen) atoms. The van der Waals surface area contributed by atoms with Crippen LogP contribution in [0.5, 0.6) is 0 Å². The van der Waals surface area contributed by atoms with Crippen molar-refractivity contribution in [2.75, 3.05) is 5.73 Å². The molecular formula is C15H9Br2N3O2. The van der Waals surface area contributed by atoms with Crippen molar-refractivity contribution in [1.29, 1.82) is 0 Å². The molecule has 0 fully saturated rings. The lowest BCUT2D eigenvalue weighted by Crippen LogP contribution is -1.98. The number of para-hydroxylation sites is 1. The molecule has 0 bridgehead atoms. The summed E-state index contributed by atoms with van der Waals surface area (Å²) in [5.74, 6) is 0.254. The number of pyridine rings is 1. The van der Waals surface area contributed by atoms with Crippen LogP contribution < -0.4 is 5.73 Å². The number of anilines is 1. The van der Waals surface area contributed by atoms with Gasteiger partial charge in [-0.1, -0.05) is 28.1 Å². The van der Waals surface area contributed by atoms with Crippen molar-refractivity contribution >= 4 is 54.3 Å². The Morgan fingerprint density at radius 1 is 1.09 bits per heavy atom. The summed E-state index contributed by atoms with van der Waals surface area (Å²) in [7, 11) is 0. The molecular weight excluding hydrogens is 414 g/mol.